The molecule has 0 aliphatic carbocycles. The Balaban J connectivity index is 1.72. The molecule has 6 nitrogen and oxygen atoms in total. The summed E-state index contributed by atoms with van der Waals surface area (Å²) in [6.45, 7) is 7.08. The Morgan fingerprint density at radius 2 is 2.26 bits per heavy atom. The van der Waals surface area contributed by atoms with Crippen LogP contribution in [0.15, 0.2) is 6.20 Å². The van der Waals surface area contributed by atoms with Gasteiger partial charge in [0.1, 0.15) is 5.01 Å². The molecule has 1 saturated heterocycles. The third-order valence-corrected chi connectivity index (χ3v) is 5.27. The molecule has 7 heteroatoms. The highest BCUT2D eigenvalue weighted by Crippen LogP contribution is 2.37. The van der Waals surface area contributed by atoms with Gasteiger partial charge >= 0.3 is 0 Å². The smallest absolute Gasteiger partial charge is 0.226 e. The van der Waals surface area contributed by atoms with Gasteiger partial charge in [-0.2, -0.15) is 5.10 Å². The van der Waals surface area contributed by atoms with Gasteiger partial charge in [-0.3, -0.25) is 9.48 Å². The monoisotopic (exact) mass is 334 g/mol. The van der Waals surface area contributed by atoms with E-state index in [4.69, 9.17) is 4.74 Å². The van der Waals surface area contributed by atoms with Gasteiger partial charge in [-0.05, 0) is 27.2 Å². The highest BCUT2D eigenvalue weighted by atomic mass is 32.1. The van der Waals surface area contributed by atoms with Gasteiger partial charge < -0.3 is 10.1 Å². The minimum absolute atomic E-state index is 0.0306. The van der Waals surface area contributed by atoms with Crippen molar-refractivity contribution in [1.82, 2.24) is 20.1 Å². The molecule has 3 heterocycles. The van der Waals surface area contributed by atoms with E-state index in [0.717, 1.165) is 33.3 Å². The summed E-state index contributed by atoms with van der Waals surface area (Å²) in [6, 6.07) is 0. The van der Waals surface area contributed by atoms with Gasteiger partial charge in [-0.25, -0.2) is 4.98 Å². The number of ether oxygens (including phenoxy) is 1. The first kappa shape index (κ1) is 16.1. The predicted octanol–water partition coefficient (Wildman–Crippen LogP) is 2.20. The van der Waals surface area contributed by atoms with Crippen LogP contribution in [0.25, 0.3) is 0 Å². The molecule has 0 aromatic carbocycles. The van der Waals surface area contributed by atoms with Gasteiger partial charge in [0.05, 0.1) is 24.3 Å². The van der Waals surface area contributed by atoms with Crippen LogP contribution in [0.2, 0.25) is 0 Å². The molecule has 1 amide bonds. The van der Waals surface area contributed by atoms with Crippen LogP contribution in [0.5, 0.6) is 0 Å². The fourth-order valence-corrected chi connectivity index (χ4v) is 3.85. The number of carbonyl (C=O) groups excluding carboxylic acids is 1. The summed E-state index contributed by atoms with van der Waals surface area (Å²) in [5, 5.41) is 8.37. The number of hydrogen-bond donors (Lipinski definition) is 1. The average molecular weight is 334 g/mol. The zero-order valence-corrected chi connectivity index (χ0v) is 14.7. The van der Waals surface area contributed by atoms with Crippen molar-refractivity contribution >= 4 is 17.2 Å². The molecule has 23 heavy (non-hydrogen) atoms. The molecular formula is C16H22N4O2S. The standard InChI is InChI=1S/C16H22N4O2S/c1-9-7-17-13(23-9)8-18-16(21)12-5-6-22-15(12)14-10(2)19-20(4)11(14)3/h7,12,15H,5-6,8H2,1-4H3,(H,18,21)/t12-,15-/m0/s1. The summed E-state index contributed by atoms with van der Waals surface area (Å²) in [5.41, 5.74) is 3.04. The molecule has 2 aromatic rings. The molecule has 0 spiro atoms. The molecule has 1 aliphatic heterocycles. The summed E-state index contributed by atoms with van der Waals surface area (Å²) >= 11 is 1.61. The van der Waals surface area contributed by atoms with E-state index in [0.29, 0.717) is 13.2 Å². The van der Waals surface area contributed by atoms with Crippen molar-refractivity contribution in [1.29, 1.82) is 0 Å². The van der Waals surface area contributed by atoms with Crippen LogP contribution < -0.4 is 5.32 Å². The van der Waals surface area contributed by atoms with E-state index in [2.05, 4.69) is 15.4 Å². The number of aromatic nitrogens is 3. The number of rotatable bonds is 4. The second-order valence-electron chi connectivity index (χ2n) is 5.98. The molecule has 3 rings (SSSR count). The maximum atomic E-state index is 12.6. The molecule has 0 unspecified atom stereocenters. The zero-order chi connectivity index (χ0) is 16.6. The first-order valence-electron chi connectivity index (χ1n) is 7.78. The Morgan fingerprint density at radius 1 is 1.48 bits per heavy atom. The van der Waals surface area contributed by atoms with Gasteiger partial charge in [0.15, 0.2) is 0 Å². The number of thiazole rings is 1. The minimum atomic E-state index is -0.207. The first-order chi connectivity index (χ1) is 11.0. The molecular weight excluding hydrogens is 312 g/mol. The Bertz CT molecular complexity index is 722. The Morgan fingerprint density at radius 3 is 2.87 bits per heavy atom. The quantitative estimate of drug-likeness (QED) is 0.930. The largest absolute Gasteiger partial charge is 0.373 e. The number of aryl methyl sites for hydroxylation is 3. The van der Waals surface area contributed by atoms with Crippen molar-refractivity contribution in [3.8, 4) is 0 Å². The van der Waals surface area contributed by atoms with Crippen LogP contribution in [0.1, 0.15) is 39.4 Å². The van der Waals surface area contributed by atoms with E-state index in [9.17, 15) is 4.79 Å². The molecule has 0 radical (unpaired) electrons. The van der Waals surface area contributed by atoms with E-state index in [1.54, 1.807) is 11.3 Å². The molecule has 1 fully saturated rings. The van der Waals surface area contributed by atoms with E-state index in [1.807, 2.05) is 38.7 Å². The lowest BCUT2D eigenvalue weighted by Gasteiger charge is -2.18. The first-order valence-corrected chi connectivity index (χ1v) is 8.59. The number of nitrogens with one attached hydrogen (secondary N) is 1. The maximum Gasteiger partial charge on any atom is 0.226 e. The topological polar surface area (TPSA) is 69.0 Å². The highest BCUT2D eigenvalue weighted by Gasteiger charge is 2.38. The van der Waals surface area contributed by atoms with Crippen molar-refractivity contribution < 1.29 is 9.53 Å². The van der Waals surface area contributed by atoms with Crippen LogP contribution in [0.4, 0.5) is 0 Å². The fourth-order valence-electron chi connectivity index (χ4n) is 3.12. The summed E-state index contributed by atoms with van der Waals surface area (Å²) in [7, 11) is 1.92. The van der Waals surface area contributed by atoms with Gasteiger partial charge in [-0.1, -0.05) is 0 Å². The van der Waals surface area contributed by atoms with Crippen LogP contribution in [-0.4, -0.2) is 27.3 Å². The van der Waals surface area contributed by atoms with Crippen LogP contribution >= 0.6 is 11.3 Å². The van der Waals surface area contributed by atoms with Gasteiger partial charge in [0.25, 0.3) is 0 Å². The van der Waals surface area contributed by atoms with Crippen molar-refractivity contribution in [3.05, 3.63) is 33.0 Å². The number of nitrogens with zero attached hydrogens (tertiary/aromatic N) is 3. The lowest BCUT2D eigenvalue weighted by Crippen LogP contribution is -2.32. The minimum Gasteiger partial charge on any atom is -0.373 e. The zero-order valence-electron chi connectivity index (χ0n) is 13.9. The van der Waals surface area contributed by atoms with Crippen LogP contribution in [-0.2, 0) is 23.1 Å². The lowest BCUT2D eigenvalue weighted by molar-refractivity contribution is -0.127. The molecule has 2 atom stereocenters. The predicted molar refractivity (Wildman–Crippen MR) is 88.2 cm³/mol. The van der Waals surface area contributed by atoms with Crippen LogP contribution in [0, 0.1) is 26.7 Å². The molecule has 2 aromatic heterocycles. The van der Waals surface area contributed by atoms with Crippen molar-refractivity contribution in [2.24, 2.45) is 13.0 Å². The van der Waals surface area contributed by atoms with Crippen molar-refractivity contribution in [2.75, 3.05) is 6.61 Å². The number of hydrogen-bond acceptors (Lipinski definition) is 5. The fraction of sp³-hybridized carbons (Fsp3) is 0.562. The van der Waals surface area contributed by atoms with E-state index in [-0.39, 0.29) is 17.9 Å². The molecule has 124 valence electrons. The van der Waals surface area contributed by atoms with E-state index in [1.165, 1.54) is 0 Å². The number of carbonyl (C=O) groups is 1. The molecule has 1 aliphatic rings. The van der Waals surface area contributed by atoms with Gasteiger partial charge in [0.2, 0.25) is 5.91 Å². The molecule has 0 bridgehead atoms. The molecule has 1 N–H and O–H groups in total. The molecule has 0 saturated carbocycles. The van der Waals surface area contributed by atoms with Crippen LogP contribution in [0.3, 0.4) is 0 Å². The Kier molecular flexibility index (Phi) is 4.50. The highest BCUT2D eigenvalue weighted by molar-refractivity contribution is 7.11. The van der Waals surface area contributed by atoms with Crippen molar-refractivity contribution in [2.45, 2.75) is 39.8 Å². The summed E-state index contributed by atoms with van der Waals surface area (Å²) in [4.78, 5) is 18.0. The summed E-state index contributed by atoms with van der Waals surface area (Å²) < 4.78 is 7.72. The van der Waals surface area contributed by atoms with E-state index < -0.39 is 0 Å². The average Bonchev–Trinajstić information content (AvgIpc) is 3.18. The Hall–Kier alpha value is -1.73. The number of amides is 1. The second kappa shape index (κ2) is 6.41. The lowest BCUT2D eigenvalue weighted by atomic mass is 9.93. The van der Waals surface area contributed by atoms with E-state index >= 15 is 0 Å². The van der Waals surface area contributed by atoms with Gasteiger partial charge in [-0.15, -0.1) is 11.3 Å². The third kappa shape index (κ3) is 3.16. The third-order valence-electron chi connectivity index (χ3n) is 4.36. The van der Waals surface area contributed by atoms with Gasteiger partial charge in [0, 0.05) is 36.0 Å². The summed E-state index contributed by atoms with van der Waals surface area (Å²) in [5.74, 6) is -0.138. The maximum absolute atomic E-state index is 12.6. The summed E-state index contributed by atoms with van der Waals surface area (Å²) in [6.07, 6.45) is 2.36. The SMILES string of the molecule is Cc1cnc(CNC(=O)[C@H]2CCO[C@@H]2c2c(C)nn(C)c2C)s1. The Labute approximate surface area is 139 Å². The van der Waals surface area contributed by atoms with Crippen molar-refractivity contribution in [3.63, 3.8) is 0 Å². The normalized spacial score (nSPS) is 20.9. The second-order valence-corrected chi connectivity index (χ2v) is 7.30.